The second-order valence-corrected chi connectivity index (χ2v) is 8.93. The summed E-state index contributed by atoms with van der Waals surface area (Å²) in [5.74, 6) is -0.303. The highest BCUT2D eigenvalue weighted by molar-refractivity contribution is 7.86. The molecule has 2 aromatic carbocycles. The van der Waals surface area contributed by atoms with E-state index in [2.05, 4.69) is 20.3 Å². The molecule has 0 bridgehead atoms. The quantitative estimate of drug-likeness (QED) is 0.397. The normalized spacial score (nSPS) is 11.1. The van der Waals surface area contributed by atoms with Gasteiger partial charge in [-0.1, -0.05) is 24.3 Å². The Bertz CT molecular complexity index is 1410. The molecule has 0 aliphatic heterocycles. The van der Waals surface area contributed by atoms with Gasteiger partial charge in [-0.25, -0.2) is 9.97 Å². The molecule has 10 heteroatoms. The first kappa shape index (κ1) is 23.0. The predicted octanol–water partition coefficient (Wildman–Crippen LogP) is 4.13. The number of nitrogens with one attached hydrogen (secondary N) is 1. The Kier molecular flexibility index (Phi) is 6.62. The van der Waals surface area contributed by atoms with Crippen LogP contribution >= 0.6 is 0 Å². The van der Waals surface area contributed by atoms with Crippen LogP contribution in [0.15, 0.2) is 85.3 Å². The Morgan fingerprint density at radius 3 is 2.50 bits per heavy atom. The van der Waals surface area contributed by atoms with Crippen molar-refractivity contribution in [3.05, 3.63) is 96.4 Å². The number of hydrogen-bond acceptors (Lipinski definition) is 8. The van der Waals surface area contributed by atoms with Crippen molar-refractivity contribution in [2.24, 2.45) is 0 Å². The first-order chi connectivity index (χ1) is 16.3. The molecule has 0 atom stereocenters. The molecule has 34 heavy (non-hydrogen) atoms. The molecule has 1 amide bonds. The third-order valence-electron chi connectivity index (χ3n) is 4.73. The van der Waals surface area contributed by atoms with E-state index >= 15 is 0 Å². The van der Waals surface area contributed by atoms with Crippen LogP contribution in [0.25, 0.3) is 11.3 Å². The van der Waals surface area contributed by atoms with Crippen molar-refractivity contribution in [3.8, 4) is 11.3 Å². The van der Waals surface area contributed by atoms with Gasteiger partial charge in [-0.3, -0.25) is 9.78 Å². The SMILES string of the molecule is Cc1ccc(N(OS(C)(=O)=O)C(=O)c2ccccc2)cc1Nc1nccc(-c2cccnc2)n1. The smallest absolute Gasteiger partial charge is 0.285 e. The molecule has 0 radical (unpaired) electrons. The molecule has 0 fully saturated rings. The fraction of sp³-hybridized carbons (Fsp3) is 0.0833. The molecule has 0 saturated carbocycles. The Morgan fingerprint density at radius 1 is 1.00 bits per heavy atom. The van der Waals surface area contributed by atoms with Crippen molar-refractivity contribution < 1.29 is 17.5 Å². The lowest BCUT2D eigenvalue weighted by Crippen LogP contribution is -2.33. The van der Waals surface area contributed by atoms with E-state index in [1.54, 1.807) is 73.2 Å². The Morgan fingerprint density at radius 2 is 1.79 bits per heavy atom. The van der Waals surface area contributed by atoms with E-state index in [9.17, 15) is 13.2 Å². The number of hydrogen-bond donors (Lipinski definition) is 1. The molecular formula is C24H21N5O4S. The van der Waals surface area contributed by atoms with E-state index in [4.69, 9.17) is 4.28 Å². The van der Waals surface area contributed by atoms with Gasteiger partial charge < -0.3 is 5.32 Å². The van der Waals surface area contributed by atoms with Crippen LogP contribution in [0.1, 0.15) is 15.9 Å². The van der Waals surface area contributed by atoms with Gasteiger partial charge in [0.25, 0.3) is 16.0 Å². The summed E-state index contributed by atoms with van der Waals surface area (Å²) in [6.07, 6.45) is 5.88. The fourth-order valence-electron chi connectivity index (χ4n) is 3.11. The van der Waals surface area contributed by atoms with Gasteiger partial charge in [-0.15, -0.1) is 4.28 Å². The van der Waals surface area contributed by atoms with Gasteiger partial charge in [0.2, 0.25) is 5.95 Å². The molecule has 0 aliphatic rings. The van der Waals surface area contributed by atoms with Gasteiger partial charge in [-0.05, 0) is 55.0 Å². The van der Waals surface area contributed by atoms with E-state index in [0.29, 0.717) is 17.3 Å². The lowest BCUT2D eigenvalue weighted by atomic mass is 10.1. The average molecular weight is 476 g/mol. The van der Waals surface area contributed by atoms with Crippen LogP contribution in [0.2, 0.25) is 0 Å². The van der Waals surface area contributed by atoms with Crippen LogP contribution in [-0.4, -0.2) is 35.5 Å². The first-order valence-corrected chi connectivity index (χ1v) is 12.0. The number of pyridine rings is 1. The van der Waals surface area contributed by atoms with Crippen LogP contribution in [0.5, 0.6) is 0 Å². The van der Waals surface area contributed by atoms with E-state index in [1.807, 2.05) is 19.1 Å². The monoisotopic (exact) mass is 475 g/mol. The second-order valence-electron chi connectivity index (χ2n) is 7.38. The predicted molar refractivity (Wildman–Crippen MR) is 129 cm³/mol. The number of hydroxylamine groups is 1. The molecule has 9 nitrogen and oxygen atoms in total. The van der Waals surface area contributed by atoms with Gasteiger partial charge in [0.15, 0.2) is 0 Å². The summed E-state index contributed by atoms with van der Waals surface area (Å²) in [6.45, 7) is 1.86. The molecule has 4 aromatic rings. The Labute approximate surface area is 197 Å². The third kappa shape index (κ3) is 5.61. The topological polar surface area (TPSA) is 114 Å². The van der Waals surface area contributed by atoms with E-state index in [1.165, 1.54) is 0 Å². The van der Waals surface area contributed by atoms with Gasteiger partial charge in [0.1, 0.15) is 0 Å². The van der Waals surface area contributed by atoms with Crippen molar-refractivity contribution >= 4 is 33.3 Å². The van der Waals surface area contributed by atoms with Crippen LogP contribution in [0, 0.1) is 6.92 Å². The Hall–Kier alpha value is -4.15. The van der Waals surface area contributed by atoms with Gasteiger partial charge >= 0.3 is 0 Å². The molecule has 0 saturated heterocycles. The summed E-state index contributed by atoms with van der Waals surface area (Å²) in [7, 11) is -3.99. The standard InChI is InChI=1S/C24H21N5O4S/c1-17-10-11-20(29(33-34(2,31)32)23(30)18-7-4-3-5-8-18)15-22(17)28-24-26-14-12-21(27-24)19-9-6-13-25-16-19/h3-16H,1-2H3,(H,26,27,28). The largest absolute Gasteiger partial charge is 0.324 e. The summed E-state index contributed by atoms with van der Waals surface area (Å²) >= 11 is 0. The van der Waals surface area contributed by atoms with E-state index in [0.717, 1.165) is 22.4 Å². The highest BCUT2D eigenvalue weighted by Crippen LogP contribution is 2.28. The average Bonchev–Trinajstić information content (AvgIpc) is 2.84. The number of aryl methyl sites for hydroxylation is 1. The van der Waals surface area contributed by atoms with Gasteiger partial charge in [0, 0.05) is 35.4 Å². The maximum absolute atomic E-state index is 13.1. The van der Waals surface area contributed by atoms with E-state index in [-0.39, 0.29) is 11.3 Å². The van der Waals surface area contributed by atoms with Crippen LogP contribution in [0.4, 0.5) is 17.3 Å². The number of anilines is 3. The van der Waals surface area contributed by atoms with Crippen molar-refractivity contribution in [2.75, 3.05) is 16.6 Å². The number of carbonyl (C=O) groups excluding carboxylic acids is 1. The molecule has 1 N–H and O–H groups in total. The maximum atomic E-state index is 13.1. The number of rotatable bonds is 7. The Balaban J connectivity index is 1.68. The van der Waals surface area contributed by atoms with E-state index < -0.39 is 16.0 Å². The minimum atomic E-state index is -3.99. The lowest BCUT2D eigenvalue weighted by Gasteiger charge is -2.21. The lowest BCUT2D eigenvalue weighted by molar-refractivity contribution is 0.0886. The van der Waals surface area contributed by atoms with Gasteiger partial charge in [0.05, 0.1) is 17.6 Å². The molecule has 4 rings (SSSR count). The summed E-state index contributed by atoms with van der Waals surface area (Å²) in [6, 6.07) is 18.7. The molecule has 2 heterocycles. The third-order valence-corrected chi connectivity index (χ3v) is 5.15. The minimum Gasteiger partial charge on any atom is -0.324 e. The number of nitrogens with zero attached hydrogens (tertiary/aromatic N) is 4. The summed E-state index contributed by atoms with van der Waals surface area (Å²) in [4.78, 5) is 26.0. The molecule has 0 aliphatic carbocycles. The van der Waals surface area contributed by atoms with Crippen molar-refractivity contribution in [2.45, 2.75) is 6.92 Å². The van der Waals surface area contributed by atoms with Crippen molar-refractivity contribution in [1.82, 2.24) is 15.0 Å². The zero-order chi connectivity index (χ0) is 24.1. The fourth-order valence-corrected chi connectivity index (χ4v) is 3.54. The first-order valence-electron chi connectivity index (χ1n) is 10.2. The zero-order valence-electron chi connectivity index (χ0n) is 18.4. The van der Waals surface area contributed by atoms with Crippen molar-refractivity contribution in [1.29, 1.82) is 0 Å². The zero-order valence-corrected chi connectivity index (χ0v) is 19.2. The molecule has 172 valence electrons. The summed E-state index contributed by atoms with van der Waals surface area (Å²) < 4.78 is 28.9. The molecule has 0 unspecified atom stereocenters. The number of benzene rings is 2. The highest BCUT2D eigenvalue weighted by atomic mass is 32.2. The van der Waals surface area contributed by atoms with Crippen LogP contribution in [-0.2, 0) is 14.4 Å². The molecule has 2 aromatic heterocycles. The number of amides is 1. The highest BCUT2D eigenvalue weighted by Gasteiger charge is 2.24. The number of carbonyl (C=O) groups is 1. The molecular weight excluding hydrogens is 454 g/mol. The minimum absolute atomic E-state index is 0.218. The maximum Gasteiger partial charge on any atom is 0.285 e. The summed E-state index contributed by atoms with van der Waals surface area (Å²) in [5.41, 5.74) is 3.40. The van der Waals surface area contributed by atoms with Crippen LogP contribution in [0.3, 0.4) is 0 Å². The van der Waals surface area contributed by atoms with Gasteiger partial charge in [-0.2, -0.15) is 13.5 Å². The molecule has 0 spiro atoms. The summed E-state index contributed by atoms with van der Waals surface area (Å²) in [5, 5.41) is 3.89. The van der Waals surface area contributed by atoms with Crippen molar-refractivity contribution in [3.63, 3.8) is 0 Å². The second kappa shape index (κ2) is 9.77. The van der Waals surface area contributed by atoms with Crippen LogP contribution < -0.4 is 10.4 Å². The number of aromatic nitrogens is 3.